The lowest BCUT2D eigenvalue weighted by molar-refractivity contribution is -0.146. The first kappa shape index (κ1) is 13.5. The SMILES string of the molecule is CC1(C)CCC(C(=O)O)C(CC2CC3CCC2C3)C1. The average Bonchev–Trinajstić information content (AvgIpc) is 2.89. The monoisotopic (exact) mass is 264 g/mol. The fourth-order valence-electron chi connectivity index (χ4n) is 5.36. The van der Waals surface area contributed by atoms with E-state index in [0.29, 0.717) is 11.3 Å². The van der Waals surface area contributed by atoms with E-state index in [2.05, 4.69) is 13.8 Å². The van der Waals surface area contributed by atoms with Crippen LogP contribution in [0.15, 0.2) is 0 Å². The zero-order valence-corrected chi connectivity index (χ0v) is 12.4. The Hall–Kier alpha value is -0.530. The van der Waals surface area contributed by atoms with Gasteiger partial charge in [0.25, 0.3) is 0 Å². The van der Waals surface area contributed by atoms with E-state index >= 15 is 0 Å². The number of carbonyl (C=O) groups is 1. The van der Waals surface area contributed by atoms with E-state index in [1.807, 2.05) is 0 Å². The standard InChI is InChI=1S/C17H28O2/c1-17(2)6-5-15(16(18)19)14(10-17)9-13-8-11-3-4-12(13)7-11/h11-15H,3-10H2,1-2H3,(H,18,19). The van der Waals surface area contributed by atoms with Crippen LogP contribution >= 0.6 is 0 Å². The molecular weight excluding hydrogens is 236 g/mol. The summed E-state index contributed by atoms with van der Waals surface area (Å²) in [6, 6.07) is 0. The number of carboxylic acids is 1. The second-order valence-corrected chi connectivity index (χ2v) is 8.28. The summed E-state index contributed by atoms with van der Waals surface area (Å²) in [5, 5.41) is 9.48. The second-order valence-electron chi connectivity index (χ2n) is 8.28. The van der Waals surface area contributed by atoms with Gasteiger partial charge in [-0.05, 0) is 74.0 Å². The Morgan fingerprint density at radius 2 is 1.95 bits per heavy atom. The molecule has 108 valence electrons. The molecule has 19 heavy (non-hydrogen) atoms. The molecule has 0 aromatic heterocycles. The quantitative estimate of drug-likeness (QED) is 0.823. The zero-order valence-electron chi connectivity index (χ0n) is 12.4. The van der Waals surface area contributed by atoms with Gasteiger partial charge in [0.05, 0.1) is 5.92 Å². The first-order chi connectivity index (χ1) is 8.94. The minimum Gasteiger partial charge on any atom is -0.481 e. The van der Waals surface area contributed by atoms with E-state index in [1.165, 1.54) is 32.1 Å². The summed E-state index contributed by atoms with van der Waals surface area (Å²) >= 11 is 0. The van der Waals surface area contributed by atoms with Gasteiger partial charge in [-0.1, -0.05) is 20.3 Å². The summed E-state index contributed by atoms with van der Waals surface area (Å²) in [7, 11) is 0. The largest absolute Gasteiger partial charge is 0.481 e. The lowest BCUT2D eigenvalue weighted by Crippen LogP contribution is -2.36. The van der Waals surface area contributed by atoms with E-state index in [-0.39, 0.29) is 5.92 Å². The van der Waals surface area contributed by atoms with Gasteiger partial charge >= 0.3 is 5.97 Å². The van der Waals surface area contributed by atoms with Crippen LogP contribution in [0, 0.1) is 35.0 Å². The summed E-state index contributed by atoms with van der Waals surface area (Å²) < 4.78 is 0. The van der Waals surface area contributed by atoms with Crippen LogP contribution in [0.3, 0.4) is 0 Å². The first-order valence-corrected chi connectivity index (χ1v) is 8.17. The molecule has 2 bridgehead atoms. The number of rotatable bonds is 3. The topological polar surface area (TPSA) is 37.3 Å². The highest BCUT2D eigenvalue weighted by molar-refractivity contribution is 5.70. The van der Waals surface area contributed by atoms with Crippen LogP contribution < -0.4 is 0 Å². The molecule has 3 aliphatic carbocycles. The summed E-state index contributed by atoms with van der Waals surface area (Å²) in [6.45, 7) is 4.64. The molecule has 0 aromatic rings. The van der Waals surface area contributed by atoms with Crippen molar-refractivity contribution in [1.29, 1.82) is 0 Å². The van der Waals surface area contributed by atoms with Crippen LogP contribution in [-0.2, 0) is 4.79 Å². The van der Waals surface area contributed by atoms with Crippen LogP contribution in [0.1, 0.15) is 65.2 Å². The zero-order chi connectivity index (χ0) is 13.6. The highest BCUT2D eigenvalue weighted by Crippen LogP contribution is 2.53. The molecule has 2 heteroatoms. The molecule has 0 radical (unpaired) electrons. The van der Waals surface area contributed by atoms with Crippen molar-refractivity contribution in [3.63, 3.8) is 0 Å². The number of carboxylic acid groups (broad SMARTS) is 1. The predicted octanol–water partition coefficient (Wildman–Crippen LogP) is 4.34. The number of fused-ring (bicyclic) bond motifs is 2. The van der Waals surface area contributed by atoms with Gasteiger partial charge in [0.15, 0.2) is 0 Å². The van der Waals surface area contributed by atoms with E-state index in [0.717, 1.165) is 37.0 Å². The summed E-state index contributed by atoms with van der Waals surface area (Å²) in [5.74, 6) is 2.60. The van der Waals surface area contributed by atoms with E-state index in [9.17, 15) is 9.90 Å². The minimum absolute atomic E-state index is 0.0628. The van der Waals surface area contributed by atoms with E-state index in [1.54, 1.807) is 0 Å². The summed E-state index contributed by atoms with van der Waals surface area (Å²) in [4.78, 5) is 11.5. The van der Waals surface area contributed by atoms with Gasteiger partial charge in [-0.2, -0.15) is 0 Å². The molecule has 3 saturated carbocycles. The van der Waals surface area contributed by atoms with E-state index < -0.39 is 5.97 Å². The fraction of sp³-hybridized carbons (Fsp3) is 0.941. The Labute approximate surface area is 117 Å². The molecule has 3 rings (SSSR count). The van der Waals surface area contributed by atoms with Crippen LogP contribution in [-0.4, -0.2) is 11.1 Å². The molecule has 0 aliphatic heterocycles. The highest BCUT2D eigenvalue weighted by atomic mass is 16.4. The minimum atomic E-state index is -0.538. The van der Waals surface area contributed by atoms with Crippen molar-refractivity contribution in [3.8, 4) is 0 Å². The van der Waals surface area contributed by atoms with Crippen LogP contribution in [0.25, 0.3) is 0 Å². The van der Waals surface area contributed by atoms with Crippen LogP contribution in [0.2, 0.25) is 0 Å². The molecule has 5 atom stereocenters. The van der Waals surface area contributed by atoms with E-state index in [4.69, 9.17) is 0 Å². The maximum atomic E-state index is 11.5. The Balaban J connectivity index is 1.67. The Kier molecular flexibility index (Phi) is 3.39. The number of aliphatic carboxylic acids is 1. The first-order valence-electron chi connectivity index (χ1n) is 8.17. The normalized spacial score (nSPS) is 44.4. The average molecular weight is 264 g/mol. The Bertz CT molecular complexity index is 360. The number of hydrogen-bond acceptors (Lipinski definition) is 1. The van der Waals surface area contributed by atoms with Crippen LogP contribution in [0.4, 0.5) is 0 Å². The van der Waals surface area contributed by atoms with Gasteiger partial charge in [0.1, 0.15) is 0 Å². The maximum Gasteiger partial charge on any atom is 0.306 e. The highest BCUT2D eigenvalue weighted by Gasteiger charge is 2.44. The molecule has 0 saturated heterocycles. The molecule has 3 aliphatic rings. The van der Waals surface area contributed by atoms with Gasteiger partial charge in [0.2, 0.25) is 0 Å². The molecular formula is C17H28O2. The maximum absolute atomic E-state index is 11.5. The molecule has 0 spiro atoms. The van der Waals surface area contributed by atoms with Crippen LogP contribution in [0.5, 0.6) is 0 Å². The molecule has 3 fully saturated rings. The Morgan fingerprint density at radius 3 is 2.53 bits per heavy atom. The van der Waals surface area contributed by atoms with Crippen molar-refractivity contribution in [2.45, 2.75) is 65.2 Å². The van der Waals surface area contributed by atoms with Crippen molar-refractivity contribution >= 4 is 5.97 Å². The van der Waals surface area contributed by atoms with Crippen molar-refractivity contribution in [2.75, 3.05) is 0 Å². The third-order valence-corrected chi connectivity index (χ3v) is 6.32. The predicted molar refractivity (Wildman–Crippen MR) is 75.8 cm³/mol. The smallest absolute Gasteiger partial charge is 0.306 e. The molecule has 5 unspecified atom stereocenters. The third-order valence-electron chi connectivity index (χ3n) is 6.32. The molecule has 0 amide bonds. The Morgan fingerprint density at radius 1 is 1.16 bits per heavy atom. The molecule has 1 N–H and O–H groups in total. The molecule has 0 heterocycles. The summed E-state index contributed by atoms with van der Waals surface area (Å²) in [6.07, 6.45) is 10.00. The van der Waals surface area contributed by atoms with Crippen molar-refractivity contribution in [3.05, 3.63) is 0 Å². The summed E-state index contributed by atoms with van der Waals surface area (Å²) in [5.41, 5.74) is 0.355. The van der Waals surface area contributed by atoms with Gasteiger partial charge in [-0.3, -0.25) is 4.79 Å². The van der Waals surface area contributed by atoms with Gasteiger partial charge in [0, 0.05) is 0 Å². The molecule has 0 aromatic carbocycles. The fourth-order valence-corrected chi connectivity index (χ4v) is 5.36. The lowest BCUT2D eigenvalue weighted by Gasteiger charge is -2.41. The lowest BCUT2D eigenvalue weighted by atomic mass is 9.64. The van der Waals surface area contributed by atoms with Gasteiger partial charge in [-0.15, -0.1) is 0 Å². The second kappa shape index (κ2) is 4.79. The van der Waals surface area contributed by atoms with Crippen molar-refractivity contribution in [2.24, 2.45) is 35.0 Å². The molecule has 2 nitrogen and oxygen atoms in total. The third kappa shape index (κ3) is 2.68. The van der Waals surface area contributed by atoms with Gasteiger partial charge in [-0.25, -0.2) is 0 Å². The van der Waals surface area contributed by atoms with Gasteiger partial charge < -0.3 is 5.11 Å². The van der Waals surface area contributed by atoms with Crippen molar-refractivity contribution in [1.82, 2.24) is 0 Å². The van der Waals surface area contributed by atoms with Crippen molar-refractivity contribution < 1.29 is 9.90 Å². The number of hydrogen-bond donors (Lipinski definition) is 1.